The van der Waals surface area contributed by atoms with Gasteiger partial charge in [0.15, 0.2) is 11.0 Å². The van der Waals surface area contributed by atoms with Gasteiger partial charge in [-0.1, -0.05) is 61.4 Å². The quantitative estimate of drug-likeness (QED) is 0.816. The van der Waals surface area contributed by atoms with E-state index in [2.05, 4.69) is 15.5 Å². The average molecular weight is 344 g/mol. The molecule has 1 N–H and O–H groups in total. The summed E-state index contributed by atoms with van der Waals surface area (Å²) in [7, 11) is 1.97. The number of aromatic nitrogens is 3. The molecular formula is C18H24N4OS. The molecule has 0 bridgehead atoms. The number of thioether (sulfide) groups is 1. The minimum Gasteiger partial charge on any atom is -0.353 e. The van der Waals surface area contributed by atoms with Crippen LogP contribution in [0.3, 0.4) is 0 Å². The van der Waals surface area contributed by atoms with E-state index in [-0.39, 0.29) is 5.91 Å². The number of hydrogen-bond acceptors (Lipinski definition) is 4. The molecule has 2 aromatic rings. The van der Waals surface area contributed by atoms with Gasteiger partial charge in [0.25, 0.3) is 0 Å². The molecule has 6 heteroatoms. The molecule has 0 aliphatic heterocycles. The molecule has 0 radical (unpaired) electrons. The van der Waals surface area contributed by atoms with Crippen LogP contribution in [0.15, 0.2) is 35.5 Å². The van der Waals surface area contributed by atoms with Crippen LogP contribution < -0.4 is 5.32 Å². The van der Waals surface area contributed by atoms with E-state index in [0.717, 1.165) is 35.1 Å². The Morgan fingerprint density at radius 2 is 1.96 bits per heavy atom. The first kappa shape index (κ1) is 17.0. The van der Waals surface area contributed by atoms with Crippen molar-refractivity contribution in [1.29, 1.82) is 0 Å². The predicted molar refractivity (Wildman–Crippen MR) is 96.8 cm³/mol. The van der Waals surface area contributed by atoms with Gasteiger partial charge in [0, 0.05) is 30.8 Å². The lowest BCUT2D eigenvalue weighted by Crippen LogP contribution is -2.36. The van der Waals surface area contributed by atoms with Crippen molar-refractivity contribution >= 4 is 17.7 Å². The first-order valence-electron chi connectivity index (χ1n) is 8.61. The van der Waals surface area contributed by atoms with Crippen LogP contribution in [0.5, 0.6) is 0 Å². The summed E-state index contributed by atoms with van der Waals surface area (Å²) in [5, 5.41) is 12.5. The van der Waals surface area contributed by atoms with Crippen molar-refractivity contribution in [1.82, 2.24) is 20.1 Å². The van der Waals surface area contributed by atoms with Crippen molar-refractivity contribution in [3.8, 4) is 11.4 Å². The lowest BCUT2D eigenvalue weighted by atomic mass is 9.95. The Labute approximate surface area is 147 Å². The summed E-state index contributed by atoms with van der Waals surface area (Å²) < 4.78 is 1.99. The zero-order chi connectivity index (χ0) is 16.8. The Hall–Kier alpha value is -1.82. The summed E-state index contributed by atoms with van der Waals surface area (Å²) in [6.45, 7) is 0. The Morgan fingerprint density at radius 1 is 1.21 bits per heavy atom. The molecule has 1 aliphatic carbocycles. The summed E-state index contributed by atoms with van der Waals surface area (Å²) in [5.74, 6) is 1.73. The molecule has 1 aromatic heterocycles. The van der Waals surface area contributed by atoms with Crippen LogP contribution in [-0.2, 0) is 11.8 Å². The summed E-state index contributed by atoms with van der Waals surface area (Å²) >= 11 is 1.58. The molecule has 5 nitrogen and oxygen atoms in total. The predicted octanol–water partition coefficient (Wildman–Crippen LogP) is 3.41. The van der Waals surface area contributed by atoms with E-state index >= 15 is 0 Å². The van der Waals surface area contributed by atoms with Gasteiger partial charge in [0.1, 0.15) is 0 Å². The molecule has 1 aliphatic rings. The average Bonchev–Trinajstić information content (AvgIpc) is 2.97. The fourth-order valence-electron chi connectivity index (χ4n) is 3.06. The molecule has 3 rings (SSSR count). The normalized spacial score (nSPS) is 15.4. The minimum absolute atomic E-state index is 0.153. The molecule has 0 saturated heterocycles. The second-order valence-corrected chi connectivity index (χ2v) is 7.29. The molecular weight excluding hydrogens is 320 g/mol. The van der Waals surface area contributed by atoms with Gasteiger partial charge in [-0.15, -0.1) is 10.2 Å². The molecule has 0 spiro atoms. The standard InChI is InChI=1S/C18H24N4OS/c1-22-17(14-8-4-2-5-9-14)20-21-18(22)24-13-12-16(23)19-15-10-6-3-7-11-15/h2,4-5,8-9,15H,3,6-7,10-13H2,1H3,(H,19,23). The van der Waals surface area contributed by atoms with Gasteiger partial charge in [-0.2, -0.15) is 0 Å². The number of hydrogen-bond donors (Lipinski definition) is 1. The van der Waals surface area contributed by atoms with E-state index in [1.54, 1.807) is 11.8 Å². The molecule has 128 valence electrons. The lowest BCUT2D eigenvalue weighted by molar-refractivity contribution is -0.121. The first-order chi connectivity index (χ1) is 11.7. The van der Waals surface area contributed by atoms with Crippen LogP contribution in [0.1, 0.15) is 38.5 Å². The summed E-state index contributed by atoms with van der Waals surface area (Å²) in [6.07, 6.45) is 6.56. The van der Waals surface area contributed by atoms with Gasteiger partial charge < -0.3 is 9.88 Å². The third-order valence-corrected chi connectivity index (χ3v) is 5.42. The third-order valence-electron chi connectivity index (χ3n) is 4.40. The zero-order valence-corrected chi connectivity index (χ0v) is 14.9. The van der Waals surface area contributed by atoms with Crippen LogP contribution in [0.25, 0.3) is 11.4 Å². The van der Waals surface area contributed by atoms with Crippen molar-refractivity contribution in [2.45, 2.75) is 49.7 Å². The number of rotatable bonds is 6. The number of nitrogens with one attached hydrogen (secondary N) is 1. The number of amides is 1. The third kappa shape index (κ3) is 4.38. The largest absolute Gasteiger partial charge is 0.353 e. The van der Waals surface area contributed by atoms with Gasteiger partial charge in [-0.3, -0.25) is 4.79 Å². The maximum absolute atomic E-state index is 12.0. The molecule has 1 fully saturated rings. The minimum atomic E-state index is 0.153. The highest BCUT2D eigenvalue weighted by Gasteiger charge is 2.16. The van der Waals surface area contributed by atoms with E-state index in [0.29, 0.717) is 12.5 Å². The maximum Gasteiger partial charge on any atom is 0.221 e. The van der Waals surface area contributed by atoms with Gasteiger partial charge in [-0.25, -0.2) is 0 Å². The number of carbonyl (C=O) groups excluding carboxylic acids is 1. The molecule has 1 heterocycles. The molecule has 0 unspecified atom stereocenters. The topological polar surface area (TPSA) is 59.8 Å². The van der Waals surface area contributed by atoms with Gasteiger partial charge >= 0.3 is 0 Å². The highest BCUT2D eigenvalue weighted by Crippen LogP contribution is 2.23. The van der Waals surface area contributed by atoms with Crippen molar-refractivity contribution in [3.05, 3.63) is 30.3 Å². The Kier molecular flexibility index (Phi) is 5.91. The summed E-state index contributed by atoms with van der Waals surface area (Å²) in [6, 6.07) is 10.4. The molecule has 1 amide bonds. The molecule has 0 atom stereocenters. The van der Waals surface area contributed by atoms with Crippen molar-refractivity contribution in [2.24, 2.45) is 7.05 Å². The second-order valence-electron chi connectivity index (χ2n) is 6.23. The number of nitrogens with zero attached hydrogens (tertiary/aromatic N) is 3. The lowest BCUT2D eigenvalue weighted by Gasteiger charge is -2.22. The zero-order valence-electron chi connectivity index (χ0n) is 14.1. The molecule has 1 saturated carbocycles. The summed E-state index contributed by atoms with van der Waals surface area (Å²) in [5.41, 5.74) is 1.05. The maximum atomic E-state index is 12.0. The van der Waals surface area contributed by atoms with Crippen LogP contribution in [-0.4, -0.2) is 32.5 Å². The van der Waals surface area contributed by atoms with Crippen molar-refractivity contribution < 1.29 is 4.79 Å². The summed E-state index contributed by atoms with van der Waals surface area (Å²) in [4.78, 5) is 12.0. The highest BCUT2D eigenvalue weighted by atomic mass is 32.2. The van der Waals surface area contributed by atoms with Crippen LogP contribution in [0, 0.1) is 0 Å². The van der Waals surface area contributed by atoms with Gasteiger partial charge in [0.2, 0.25) is 5.91 Å². The van der Waals surface area contributed by atoms with Crippen LogP contribution >= 0.6 is 11.8 Å². The van der Waals surface area contributed by atoms with Crippen molar-refractivity contribution in [2.75, 3.05) is 5.75 Å². The van der Waals surface area contributed by atoms with E-state index in [1.807, 2.05) is 41.9 Å². The van der Waals surface area contributed by atoms with E-state index < -0.39 is 0 Å². The Balaban J connectivity index is 1.48. The SMILES string of the molecule is Cn1c(SCCC(=O)NC2CCCCC2)nnc1-c1ccccc1. The van der Waals surface area contributed by atoms with E-state index in [1.165, 1.54) is 19.3 Å². The molecule has 24 heavy (non-hydrogen) atoms. The fourth-order valence-corrected chi connectivity index (χ4v) is 3.91. The highest BCUT2D eigenvalue weighted by molar-refractivity contribution is 7.99. The van der Waals surface area contributed by atoms with Crippen molar-refractivity contribution in [3.63, 3.8) is 0 Å². The monoisotopic (exact) mass is 344 g/mol. The number of benzene rings is 1. The van der Waals surface area contributed by atoms with E-state index in [4.69, 9.17) is 0 Å². The van der Waals surface area contributed by atoms with Gasteiger partial charge in [-0.05, 0) is 12.8 Å². The first-order valence-corrected chi connectivity index (χ1v) is 9.59. The second kappa shape index (κ2) is 8.33. The van der Waals surface area contributed by atoms with Crippen LogP contribution in [0.2, 0.25) is 0 Å². The number of carbonyl (C=O) groups is 1. The van der Waals surface area contributed by atoms with Crippen LogP contribution in [0.4, 0.5) is 0 Å². The Bertz CT molecular complexity index is 665. The van der Waals surface area contributed by atoms with E-state index in [9.17, 15) is 4.79 Å². The smallest absolute Gasteiger partial charge is 0.221 e. The Morgan fingerprint density at radius 3 is 2.71 bits per heavy atom. The fraction of sp³-hybridized carbons (Fsp3) is 0.500. The van der Waals surface area contributed by atoms with Gasteiger partial charge in [0.05, 0.1) is 0 Å². The molecule has 1 aromatic carbocycles.